The molecule has 0 atom stereocenters. The van der Waals surface area contributed by atoms with Gasteiger partial charge in [-0.05, 0) is 33.8 Å². The molecule has 0 fully saturated rings. The van der Waals surface area contributed by atoms with Crippen LogP contribution in [0.1, 0.15) is 31.5 Å². The Balaban J connectivity index is 2.25. The molecular formula is C15H19FN2S. The molecule has 0 aliphatic heterocycles. The molecule has 19 heavy (non-hydrogen) atoms. The zero-order valence-electron chi connectivity index (χ0n) is 11.7. The molecule has 2 aromatic rings. The molecule has 0 radical (unpaired) electrons. The quantitative estimate of drug-likeness (QED) is 0.912. The number of benzene rings is 1. The van der Waals surface area contributed by atoms with E-state index >= 15 is 0 Å². The molecule has 1 N–H and O–H groups in total. The van der Waals surface area contributed by atoms with Crippen molar-refractivity contribution in [2.45, 2.75) is 39.8 Å². The maximum Gasteiger partial charge on any atom is 0.131 e. The van der Waals surface area contributed by atoms with Crippen LogP contribution in [-0.4, -0.2) is 10.5 Å². The molecule has 0 saturated heterocycles. The third-order valence-corrected chi connectivity index (χ3v) is 3.92. The molecule has 0 amide bonds. The predicted octanol–water partition coefficient (Wildman–Crippen LogP) is 4.15. The van der Waals surface area contributed by atoms with Gasteiger partial charge in [0.2, 0.25) is 0 Å². The van der Waals surface area contributed by atoms with Crippen LogP contribution in [0.5, 0.6) is 0 Å². The van der Waals surface area contributed by atoms with Crippen LogP contribution < -0.4 is 5.32 Å². The van der Waals surface area contributed by atoms with Crippen molar-refractivity contribution in [2.24, 2.45) is 0 Å². The van der Waals surface area contributed by atoms with E-state index in [2.05, 4.69) is 31.1 Å². The second-order valence-electron chi connectivity index (χ2n) is 5.61. The number of aromatic nitrogens is 1. The van der Waals surface area contributed by atoms with Crippen molar-refractivity contribution in [1.82, 2.24) is 10.3 Å². The molecule has 4 heteroatoms. The van der Waals surface area contributed by atoms with Gasteiger partial charge in [-0.2, -0.15) is 0 Å². The van der Waals surface area contributed by atoms with E-state index in [1.807, 2.05) is 13.0 Å². The molecule has 0 aliphatic rings. The summed E-state index contributed by atoms with van der Waals surface area (Å²) in [7, 11) is 0. The Kier molecular flexibility index (Phi) is 4.02. The fourth-order valence-corrected chi connectivity index (χ4v) is 2.80. The number of rotatable bonds is 3. The van der Waals surface area contributed by atoms with Crippen LogP contribution in [0.25, 0.3) is 10.4 Å². The van der Waals surface area contributed by atoms with E-state index in [-0.39, 0.29) is 11.4 Å². The Hall–Kier alpha value is -1.26. The summed E-state index contributed by atoms with van der Waals surface area (Å²) >= 11 is 1.55. The van der Waals surface area contributed by atoms with Gasteiger partial charge in [0.15, 0.2) is 0 Å². The van der Waals surface area contributed by atoms with Gasteiger partial charge in [0.1, 0.15) is 10.8 Å². The summed E-state index contributed by atoms with van der Waals surface area (Å²) < 4.78 is 13.8. The van der Waals surface area contributed by atoms with Crippen LogP contribution in [-0.2, 0) is 6.54 Å². The summed E-state index contributed by atoms with van der Waals surface area (Å²) in [6.45, 7) is 8.99. The lowest BCUT2D eigenvalue weighted by molar-refractivity contribution is 0.423. The van der Waals surface area contributed by atoms with Gasteiger partial charge in [0, 0.05) is 17.6 Å². The number of nitrogens with one attached hydrogen (secondary N) is 1. The van der Waals surface area contributed by atoms with Gasteiger partial charge in [-0.1, -0.05) is 18.2 Å². The summed E-state index contributed by atoms with van der Waals surface area (Å²) in [5.41, 5.74) is 1.58. The predicted molar refractivity (Wildman–Crippen MR) is 78.8 cm³/mol. The summed E-state index contributed by atoms with van der Waals surface area (Å²) in [5, 5.41) is 4.39. The maximum atomic E-state index is 13.8. The van der Waals surface area contributed by atoms with E-state index in [1.165, 1.54) is 6.07 Å². The lowest BCUT2D eigenvalue weighted by atomic mass is 10.1. The standard InChI is InChI=1S/C15H19FN2S/c1-10-14(11-7-5-6-8-12(11)16)19-13(18-10)9-17-15(2,3)4/h5-8,17H,9H2,1-4H3. The first-order chi connectivity index (χ1) is 8.87. The fraction of sp³-hybridized carbons (Fsp3) is 0.400. The average molecular weight is 278 g/mol. The molecule has 1 heterocycles. The Labute approximate surface area is 117 Å². The molecular weight excluding hydrogens is 259 g/mol. The Morgan fingerprint density at radius 3 is 2.58 bits per heavy atom. The molecule has 2 nitrogen and oxygen atoms in total. The molecule has 1 aromatic carbocycles. The highest BCUT2D eigenvalue weighted by molar-refractivity contribution is 7.15. The monoisotopic (exact) mass is 278 g/mol. The lowest BCUT2D eigenvalue weighted by Gasteiger charge is -2.19. The molecule has 0 bridgehead atoms. The highest BCUT2D eigenvalue weighted by Gasteiger charge is 2.15. The van der Waals surface area contributed by atoms with Crippen molar-refractivity contribution < 1.29 is 4.39 Å². The van der Waals surface area contributed by atoms with E-state index in [9.17, 15) is 4.39 Å². The summed E-state index contributed by atoms with van der Waals surface area (Å²) in [5.74, 6) is -0.190. The van der Waals surface area contributed by atoms with Crippen LogP contribution in [0.3, 0.4) is 0 Å². The molecule has 2 rings (SSSR count). The van der Waals surface area contributed by atoms with E-state index in [0.717, 1.165) is 15.6 Å². The second kappa shape index (κ2) is 5.39. The zero-order chi connectivity index (χ0) is 14.0. The smallest absolute Gasteiger partial charge is 0.131 e. The van der Waals surface area contributed by atoms with Crippen LogP contribution in [0.2, 0.25) is 0 Å². The van der Waals surface area contributed by atoms with Gasteiger partial charge in [-0.15, -0.1) is 11.3 Å². The first-order valence-electron chi connectivity index (χ1n) is 6.33. The fourth-order valence-electron chi connectivity index (χ4n) is 1.76. The van der Waals surface area contributed by atoms with E-state index in [4.69, 9.17) is 0 Å². The SMILES string of the molecule is Cc1nc(CNC(C)(C)C)sc1-c1ccccc1F. The van der Waals surface area contributed by atoms with Crippen molar-refractivity contribution in [2.75, 3.05) is 0 Å². The number of hydrogen-bond acceptors (Lipinski definition) is 3. The van der Waals surface area contributed by atoms with E-state index in [0.29, 0.717) is 12.1 Å². The van der Waals surface area contributed by atoms with Crippen LogP contribution in [0.15, 0.2) is 24.3 Å². The zero-order valence-corrected chi connectivity index (χ0v) is 12.6. The van der Waals surface area contributed by atoms with Gasteiger partial charge in [0.05, 0.1) is 10.6 Å². The third kappa shape index (κ3) is 3.61. The topological polar surface area (TPSA) is 24.9 Å². The van der Waals surface area contributed by atoms with Gasteiger partial charge < -0.3 is 5.32 Å². The Morgan fingerprint density at radius 2 is 1.95 bits per heavy atom. The summed E-state index contributed by atoms with van der Waals surface area (Å²) in [6, 6.07) is 6.85. The van der Waals surface area contributed by atoms with Crippen LogP contribution in [0.4, 0.5) is 4.39 Å². The lowest BCUT2D eigenvalue weighted by Crippen LogP contribution is -2.35. The first-order valence-corrected chi connectivity index (χ1v) is 7.15. The normalized spacial score (nSPS) is 11.8. The van der Waals surface area contributed by atoms with Gasteiger partial charge in [0.25, 0.3) is 0 Å². The molecule has 0 aliphatic carbocycles. The third-order valence-electron chi connectivity index (χ3n) is 2.73. The van der Waals surface area contributed by atoms with Gasteiger partial charge in [-0.25, -0.2) is 9.37 Å². The highest BCUT2D eigenvalue weighted by Crippen LogP contribution is 2.31. The summed E-state index contributed by atoms with van der Waals surface area (Å²) in [4.78, 5) is 5.44. The Morgan fingerprint density at radius 1 is 1.26 bits per heavy atom. The first kappa shape index (κ1) is 14.2. The Bertz CT molecular complexity index is 570. The van der Waals surface area contributed by atoms with Crippen molar-refractivity contribution in [3.63, 3.8) is 0 Å². The van der Waals surface area contributed by atoms with Gasteiger partial charge >= 0.3 is 0 Å². The van der Waals surface area contributed by atoms with Gasteiger partial charge in [-0.3, -0.25) is 0 Å². The van der Waals surface area contributed by atoms with Crippen LogP contribution >= 0.6 is 11.3 Å². The molecule has 1 aromatic heterocycles. The maximum absolute atomic E-state index is 13.8. The highest BCUT2D eigenvalue weighted by atomic mass is 32.1. The minimum Gasteiger partial charge on any atom is -0.306 e. The minimum absolute atomic E-state index is 0.0533. The second-order valence-corrected chi connectivity index (χ2v) is 6.69. The molecule has 0 unspecified atom stereocenters. The van der Waals surface area contributed by atoms with Crippen molar-refractivity contribution in [3.05, 3.63) is 40.8 Å². The van der Waals surface area contributed by atoms with Crippen LogP contribution in [0, 0.1) is 12.7 Å². The van der Waals surface area contributed by atoms with Crippen molar-refractivity contribution >= 4 is 11.3 Å². The number of thiazole rings is 1. The summed E-state index contributed by atoms with van der Waals surface area (Å²) in [6.07, 6.45) is 0. The largest absolute Gasteiger partial charge is 0.306 e. The molecule has 0 saturated carbocycles. The average Bonchev–Trinajstić information content (AvgIpc) is 2.68. The van der Waals surface area contributed by atoms with Crippen molar-refractivity contribution in [1.29, 1.82) is 0 Å². The van der Waals surface area contributed by atoms with E-state index in [1.54, 1.807) is 23.5 Å². The minimum atomic E-state index is -0.190. The number of aryl methyl sites for hydroxylation is 1. The van der Waals surface area contributed by atoms with Crippen molar-refractivity contribution in [3.8, 4) is 10.4 Å². The number of halogens is 1. The molecule has 102 valence electrons. The number of nitrogens with zero attached hydrogens (tertiary/aromatic N) is 1. The number of hydrogen-bond donors (Lipinski definition) is 1. The molecule has 0 spiro atoms. The van der Waals surface area contributed by atoms with E-state index < -0.39 is 0 Å².